The van der Waals surface area contributed by atoms with Gasteiger partial charge < -0.3 is 15.0 Å². The molecule has 1 aliphatic carbocycles. The number of carbonyl (C=O) groups is 1. The van der Waals surface area contributed by atoms with Gasteiger partial charge >= 0.3 is 0 Å². The molecule has 1 N–H and O–H groups in total. The molecule has 0 aromatic carbocycles. The van der Waals surface area contributed by atoms with Crippen LogP contribution in [-0.4, -0.2) is 56.6 Å². The number of hydrogen-bond acceptors (Lipinski definition) is 6. The molecule has 33 heavy (non-hydrogen) atoms. The number of carbonyl (C=O) groups excluding carboxylic acids is 1. The highest BCUT2D eigenvalue weighted by molar-refractivity contribution is 6.06. The van der Waals surface area contributed by atoms with Gasteiger partial charge in [0.1, 0.15) is 17.2 Å². The molecule has 1 saturated carbocycles. The van der Waals surface area contributed by atoms with E-state index >= 15 is 0 Å². The van der Waals surface area contributed by atoms with Crippen molar-refractivity contribution in [1.29, 1.82) is 0 Å². The lowest BCUT2D eigenvalue weighted by molar-refractivity contribution is 0.101. The Morgan fingerprint density at radius 1 is 1.21 bits per heavy atom. The van der Waals surface area contributed by atoms with Gasteiger partial charge in [-0.25, -0.2) is 18.3 Å². The number of halogens is 2. The van der Waals surface area contributed by atoms with Crippen LogP contribution in [0.2, 0.25) is 0 Å². The van der Waals surface area contributed by atoms with Gasteiger partial charge in [0.15, 0.2) is 5.65 Å². The SMILES string of the molecule is C[C@H]1CC[C@H](n2cc(C(=O)Nc3cnn4ccc(N5CCOCC5)nc34)c(C(F)F)n2)CC1. The second-order valence-electron chi connectivity index (χ2n) is 8.79. The van der Waals surface area contributed by atoms with Crippen molar-refractivity contribution in [2.75, 3.05) is 36.5 Å². The average molecular weight is 460 g/mol. The van der Waals surface area contributed by atoms with Gasteiger partial charge in [0.2, 0.25) is 0 Å². The van der Waals surface area contributed by atoms with Gasteiger partial charge in [0.05, 0.1) is 31.0 Å². The number of amides is 1. The van der Waals surface area contributed by atoms with E-state index < -0.39 is 18.0 Å². The molecule has 4 heterocycles. The van der Waals surface area contributed by atoms with Crippen molar-refractivity contribution >= 4 is 23.1 Å². The number of aromatic nitrogens is 5. The van der Waals surface area contributed by atoms with Crippen molar-refractivity contribution in [3.63, 3.8) is 0 Å². The van der Waals surface area contributed by atoms with E-state index in [9.17, 15) is 13.6 Å². The Morgan fingerprint density at radius 2 is 1.97 bits per heavy atom. The van der Waals surface area contributed by atoms with Crippen LogP contribution >= 0.6 is 0 Å². The lowest BCUT2D eigenvalue weighted by Crippen LogP contribution is -2.36. The number of alkyl halides is 2. The molecule has 0 unspecified atom stereocenters. The molecule has 0 radical (unpaired) electrons. The van der Waals surface area contributed by atoms with Crippen LogP contribution < -0.4 is 10.2 Å². The van der Waals surface area contributed by atoms with Crippen LogP contribution in [0.25, 0.3) is 5.65 Å². The van der Waals surface area contributed by atoms with E-state index in [1.807, 2.05) is 6.07 Å². The van der Waals surface area contributed by atoms with Crippen LogP contribution in [0, 0.1) is 5.92 Å². The van der Waals surface area contributed by atoms with E-state index in [-0.39, 0.29) is 11.6 Å². The minimum atomic E-state index is -2.84. The predicted molar refractivity (Wildman–Crippen MR) is 118 cm³/mol. The standard InChI is InChI=1S/C22H27F2N7O2/c1-14-2-4-15(5-3-14)31-13-16(19(28-31)20(23)24)22(32)26-17-12-25-30-7-6-18(27-21(17)30)29-8-10-33-11-9-29/h6-7,12-15,20H,2-5,8-11H2,1H3,(H,26,32)/t14-,15-. The van der Waals surface area contributed by atoms with Gasteiger partial charge in [-0.15, -0.1) is 0 Å². The predicted octanol–water partition coefficient (Wildman–Crippen LogP) is 3.70. The van der Waals surface area contributed by atoms with Crippen LogP contribution in [0.5, 0.6) is 0 Å². The van der Waals surface area contributed by atoms with Gasteiger partial charge in [-0.3, -0.25) is 9.48 Å². The van der Waals surface area contributed by atoms with E-state index in [1.165, 1.54) is 12.4 Å². The minimum absolute atomic E-state index is 0.0370. The number of anilines is 2. The summed E-state index contributed by atoms with van der Waals surface area (Å²) in [6.07, 6.45) is 5.63. The molecule has 0 atom stereocenters. The molecule has 1 amide bonds. The Labute approximate surface area is 189 Å². The molecule has 9 nitrogen and oxygen atoms in total. The van der Waals surface area contributed by atoms with Crippen molar-refractivity contribution in [3.8, 4) is 0 Å². The molecular formula is C22H27F2N7O2. The number of nitrogens with one attached hydrogen (secondary N) is 1. The molecule has 11 heteroatoms. The summed E-state index contributed by atoms with van der Waals surface area (Å²) in [4.78, 5) is 19.8. The summed E-state index contributed by atoms with van der Waals surface area (Å²) in [6, 6.07) is 1.89. The molecule has 2 fully saturated rings. The van der Waals surface area contributed by atoms with Gasteiger partial charge in [-0.1, -0.05) is 6.92 Å². The van der Waals surface area contributed by atoms with E-state index in [0.29, 0.717) is 30.5 Å². The fourth-order valence-electron chi connectivity index (χ4n) is 4.54. The number of ether oxygens (including phenoxy) is 1. The zero-order valence-corrected chi connectivity index (χ0v) is 18.5. The second kappa shape index (κ2) is 9.05. The number of rotatable bonds is 5. The highest BCUT2D eigenvalue weighted by Gasteiger charge is 2.28. The molecule has 0 bridgehead atoms. The van der Waals surface area contributed by atoms with E-state index in [0.717, 1.165) is 44.6 Å². The molecule has 176 valence electrons. The monoisotopic (exact) mass is 459 g/mol. The smallest absolute Gasteiger partial charge is 0.282 e. The zero-order valence-electron chi connectivity index (χ0n) is 18.5. The van der Waals surface area contributed by atoms with Crippen LogP contribution in [0.3, 0.4) is 0 Å². The fraction of sp³-hybridized carbons (Fsp3) is 0.545. The van der Waals surface area contributed by atoms with Crippen molar-refractivity contribution in [3.05, 3.63) is 35.9 Å². The molecule has 0 spiro atoms. The maximum atomic E-state index is 13.7. The Morgan fingerprint density at radius 3 is 2.70 bits per heavy atom. The number of hydrogen-bond donors (Lipinski definition) is 1. The summed E-state index contributed by atoms with van der Waals surface area (Å²) < 4.78 is 35.9. The topological polar surface area (TPSA) is 89.6 Å². The van der Waals surface area contributed by atoms with Crippen molar-refractivity contribution in [1.82, 2.24) is 24.4 Å². The van der Waals surface area contributed by atoms with E-state index in [4.69, 9.17) is 4.74 Å². The van der Waals surface area contributed by atoms with Crippen molar-refractivity contribution in [2.45, 2.75) is 45.1 Å². The summed E-state index contributed by atoms with van der Waals surface area (Å²) in [5.41, 5.74) is 0.186. The van der Waals surface area contributed by atoms with Gasteiger partial charge in [0.25, 0.3) is 12.3 Å². The highest BCUT2D eigenvalue weighted by atomic mass is 19.3. The third-order valence-electron chi connectivity index (χ3n) is 6.51. The normalized spacial score (nSPS) is 21.6. The third kappa shape index (κ3) is 4.41. The Balaban J connectivity index is 1.40. The first-order valence-corrected chi connectivity index (χ1v) is 11.3. The Bertz CT molecular complexity index is 1130. The summed E-state index contributed by atoms with van der Waals surface area (Å²) in [7, 11) is 0. The van der Waals surface area contributed by atoms with Crippen LogP contribution in [0.15, 0.2) is 24.7 Å². The first kappa shape index (κ1) is 21.7. The molecular weight excluding hydrogens is 432 g/mol. The molecule has 2 aliphatic rings. The van der Waals surface area contributed by atoms with Crippen LogP contribution in [0.1, 0.15) is 61.1 Å². The van der Waals surface area contributed by atoms with Gasteiger partial charge in [0, 0.05) is 25.5 Å². The van der Waals surface area contributed by atoms with Crippen LogP contribution in [-0.2, 0) is 4.74 Å². The number of fused-ring (bicyclic) bond motifs is 1. The largest absolute Gasteiger partial charge is 0.378 e. The lowest BCUT2D eigenvalue weighted by Gasteiger charge is -2.27. The molecule has 3 aromatic heterocycles. The van der Waals surface area contributed by atoms with Crippen molar-refractivity contribution in [2.24, 2.45) is 5.92 Å². The van der Waals surface area contributed by atoms with Crippen LogP contribution in [0.4, 0.5) is 20.3 Å². The van der Waals surface area contributed by atoms with Crippen molar-refractivity contribution < 1.29 is 18.3 Å². The summed E-state index contributed by atoms with van der Waals surface area (Å²) in [5.74, 6) is 0.725. The number of morpholine rings is 1. The maximum Gasteiger partial charge on any atom is 0.282 e. The van der Waals surface area contributed by atoms with Gasteiger partial charge in [-0.05, 0) is 37.7 Å². The van der Waals surface area contributed by atoms with Gasteiger partial charge in [-0.2, -0.15) is 10.2 Å². The molecule has 1 aliphatic heterocycles. The minimum Gasteiger partial charge on any atom is -0.378 e. The molecule has 3 aromatic rings. The third-order valence-corrected chi connectivity index (χ3v) is 6.51. The van der Waals surface area contributed by atoms with E-state index in [1.54, 1.807) is 15.4 Å². The Hall–Kier alpha value is -3.08. The quantitative estimate of drug-likeness (QED) is 0.626. The second-order valence-corrected chi connectivity index (χ2v) is 8.79. The first-order valence-electron chi connectivity index (χ1n) is 11.3. The average Bonchev–Trinajstić information content (AvgIpc) is 3.45. The molecule has 5 rings (SSSR count). The number of nitrogens with zero attached hydrogens (tertiary/aromatic N) is 6. The summed E-state index contributed by atoms with van der Waals surface area (Å²) >= 11 is 0. The molecule has 1 saturated heterocycles. The Kier molecular flexibility index (Phi) is 5.96. The highest BCUT2D eigenvalue weighted by Crippen LogP contribution is 2.33. The fourth-order valence-corrected chi connectivity index (χ4v) is 4.54. The van der Waals surface area contributed by atoms with E-state index in [2.05, 4.69) is 32.3 Å². The lowest BCUT2D eigenvalue weighted by atomic mass is 9.87. The summed E-state index contributed by atoms with van der Waals surface area (Å²) in [6.45, 7) is 4.87. The zero-order chi connectivity index (χ0) is 22.9. The maximum absolute atomic E-state index is 13.7. The first-order chi connectivity index (χ1) is 16.0. The summed E-state index contributed by atoms with van der Waals surface area (Å²) in [5, 5.41) is 11.0.